The van der Waals surface area contributed by atoms with E-state index in [1.807, 2.05) is 26.8 Å². The van der Waals surface area contributed by atoms with Crippen LogP contribution in [0.15, 0.2) is 76.2 Å². The number of methoxy groups -OCH3 is 1. The number of nitrogens with zero attached hydrogens (tertiary/aromatic N) is 2. The fourth-order valence-electron chi connectivity index (χ4n) is 5.14. The smallest absolute Gasteiger partial charge is 0.414 e. The Morgan fingerprint density at radius 2 is 1.84 bits per heavy atom. The number of halogens is 3. The molecule has 3 aromatic rings. The molecule has 0 spiro atoms. The number of hydrogen-bond donors (Lipinski definition) is 2. The van der Waals surface area contributed by atoms with Crippen molar-refractivity contribution in [3.63, 3.8) is 0 Å². The van der Waals surface area contributed by atoms with Gasteiger partial charge in [0.25, 0.3) is 5.91 Å². The van der Waals surface area contributed by atoms with Crippen LogP contribution in [0.4, 0.5) is 9.18 Å². The fraction of sp³-hybridized carbons (Fsp3) is 0.312. The molecule has 0 saturated heterocycles. The molecule has 0 aromatic heterocycles. The van der Waals surface area contributed by atoms with Crippen LogP contribution in [-0.2, 0) is 26.4 Å². The summed E-state index contributed by atoms with van der Waals surface area (Å²) in [6.45, 7) is 4.92. The largest absolute Gasteiger partial charge is 0.465 e. The molecule has 0 fully saturated rings. The Labute approximate surface area is 268 Å². The minimum atomic E-state index is -1.82. The number of guanidine groups is 1. The van der Waals surface area contributed by atoms with Crippen LogP contribution in [0.5, 0.6) is 0 Å². The summed E-state index contributed by atoms with van der Waals surface area (Å²) in [5.74, 6) is -2.36. The van der Waals surface area contributed by atoms with Gasteiger partial charge in [0.2, 0.25) is 5.96 Å². The summed E-state index contributed by atoms with van der Waals surface area (Å²) in [7, 11) is 1.20. The van der Waals surface area contributed by atoms with E-state index in [4.69, 9.17) is 26.1 Å². The summed E-state index contributed by atoms with van der Waals surface area (Å²) in [6, 6.07) is 16.5. The Morgan fingerprint density at radius 1 is 1.14 bits per heavy atom. The topological polar surface area (TPSA) is 118 Å². The zero-order valence-corrected chi connectivity index (χ0v) is 26.9. The first-order chi connectivity index (χ1) is 20.8. The zero-order chi connectivity index (χ0) is 32.2. The van der Waals surface area contributed by atoms with Crippen molar-refractivity contribution in [2.75, 3.05) is 13.7 Å². The number of alkyl carbamates (subject to hydrolysis) is 1. The first-order valence-electron chi connectivity index (χ1n) is 13.6. The number of esters is 1. The second-order valence-electron chi connectivity index (χ2n) is 11.4. The molecule has 12 heteroatoms. The lowest BCUT2D eigenvalue weighted by molar-refractivity contribution is -0.135. The van der Waals surface area contributed by atoms with Crippen LogP contribution < -0.4 is 5.32 Å². The molecule has 1 heterocycles. The third kappa shape index (κ3) is 7.11. The Bertz CT molecular complexity index is 1600. The van der Waals surface area contributed by atoms with E-state index in [0.717, 1.165) is 10.5 Å². The molecular formula is C32H32BrClFN3O6. The number of aliphatic hydroxyl groups is 1. The molecule has 1 aliphatic rings. The summed E-state index contributed by atoms with van der Waals surface area (Å²) in [4.78, 5) is 45.9. The summed E-state index contributed by atoms with van der Waals surface area (Å²) < 4.78 is 26.3. The Kier molecular flexibility index (Phi) is 10.1. The number of nitrogens with one attached hydrogen (secondary N) is 1. The molecular weight excluding hydrogens is 657 g/mol. The Hall–Kier alpha value is -3.80. The third-order valence-corrected chi connectivity index (χ3v) is 7.77. The monoisotopic (exact) mass is 687 g/mol. The molecule has 1 unspecified atom stereocenters. The highest BCUT2D eigenvalue weighted by Crippen LogP contribution is 2.46. The molecule has 1 aliphatic heterocycles. The van der Waals surface area contributed by atoms with Crippen LogP contribution in [0.2, 0.25) is 5.02 Å². The van der Waals surface area contributed by atoms with Gasteiger partial charge in [-0.25, -0.2) is 19.0 Å². The number of carbonyl (C=O) groups is 3. The van der Waals surface area contributed by atoms with Gasteiger partial charge in [-0.2, -0.15) is 0 Å². The zero-order valence-electron chi connectivity index (χ0n) is 24.6. The number of rotatable bonds is 8. The fourth-order valence-corrected chi connectivity index (χ4v) is 5.66. The van der Waals surface area contributed by atoms with Crippen LogP contribution in [0, 0.1) is 11.2 Å². The molecule has 3 aromatic carbocycles. The maximum absolute atomic E-state index is 15.7. The van der Waals surface area contributed by atoms with Gasteiger partial charge in [-0.05, 0) is 47.2 Å². The minimum Gasteiger partial charge on any atom is -0.465 e. The summed E-state index contributed by atoms with van der Waals surface area (Å²) in [5.41, 5.74) is -1.36. The van der Waals surface area contributed by atoms with Gasteiger partial charge in [0.05, 0.1) is 30.3 Å². The number of amides is 2. The van der Waals surface area contributed by atoms with Crippen molar-refractivity contribution in [3.8, 4) is 0 Å². The van der Waals surface area contributed by atoms with Crippen LogP contribution in [-0.4, -0.2) is 47.7 Å². The highest BCUT2D eigenvalue weighted by atomic mass is 79.9. The van der Waals surface area contributed by atoms with Crippen LogP contribution >= 0.6 is 27.5 Å². The van der Waals surface area contributed by atoms with E-state index in [9.17, 15) is 19.5 Å². The van der Waals surface area contributed by atoms with Crippen molar-refractivity contribution in [2.45, 2.75) is 45.4 Å². The molecule has 0 aliphatic carbocycles. The Morgan fingerprint density at radius 3 is 2.45 bits per heavy atom. The van der Waals surface area contributed by atoms with Crippen molar-refractivity contribution < 1.29 is 33.4 Å². The molecule has 2 atom stereocenters. The molecule has 44 heavy (non-hydrogen) atoms. The van der Waals surface area contributed by atoms with Crippen molar-refractivity contribution in [3.05, 3.63) is 104 Å². The van der Waals surface area contributed by atoms with E-state index in [2.05, 4.69) is 21.2 Å². The van der Waals surface area contributed by atoms with Gasteiger partial charge in [0.1, 0.15) is 12.4 Å². The van der Waals surface area contributed by atoms with E-state index in [1.54, 1.807) is 30.3 Å². The summed E-state index contributed by atoms with van der Waals surface area (Å²) >= 11 is 9.49. The predicted molar refractivity (Wildman–Crippen MR) is 167 cm³/mol. The van der Waals surface area contributed by atoms with Gasteiger partial charge in [0.15, 0.2) is 5.54 Å². The second kappa shape index (κ2) is 13.5. The second-order valence-corrected chi connectivity index (χ2v) is 12.8. The Balaban J connectivity index is 1.85. The molecule has 232 valence electrons. The van der Waals surface area contributed by atoms with Crippen LogP contribution in [0.1, 0.15) is 60.3 Å². The molecule has 4 rings (SSSR count). The number of hydrogen-bond acceptors (Lipinski definition) is 7. The number of aliphatic hydroxyl groups excluding tert-OH is 1. The predicted octanol–water partition coefficient (Wildman–Crippen LogP) is 6.52. The average molecular weight is 689 g/mol. The third-order valence-electron chi connectivity index (χ3n) is 6.95. The lowest BCUT2D eigenvalue weighted by Gasteiger charge is -2.34. The summed E-state index contributed by atoms with van der Waals surface area (Å²) in [5, 5.41) is 13.3. The van der Waals surface area contributed by atoms with E-state index in [1.165, 1.54) is 37.4 Å². The number of benzene rings is 3. The van der Waals surface area contributed by atoms with Crippen LogP contribution in [0.3, 0.4) is 0 Å². The van der Waals surface area contributed by atoms with E-state index in [-0.39, 0.29) is 35.1 Å². The lowest BCUT2D eigenvalue weighted by atomic mass is 9.75. The standard InChI is InChI=1S/C32H32BrClFN3O6/c1-31(2,3)18-32(23-12-11-21(33)15-25(23)35)28(41)38(26(16-39)20-10-13-24(34)22(14-20)27(40)43-4)29(37-32)36-30(42)44-17-19-8-6-5-7-9-19/h5-15,26,39H,16-18H2,1-4H3,(H,36,37,42)/t26-,32?/m1/s1. The first kappa shape index (κ1) is 33.1. The quantitative estimate of drug-likeness (QED) is 0.261. The van der Waals surface area contributed by atoms with Gasteiger partial charge >= 0.3 is 12.1 Å². The van der Waals surface area contributed by atoms with Gasteiger partial charge in [-0.15, -0.1) is 0 Å². The highest BCUT2D eigenvalue weighted by Gasteiger charge is 2.55. The van der Waals surface area contributed by atoms with E-state index < -0.39 is 47.4 Å². The normalized spacial score (nSPS) is 17.2. The van der Waals surface area contributed by atoms with E-state index >= 15 is 4.39 Å². The molecule has 2 amide bonds. The number of aliphatic imine (C=N–C) groups is 1. The average Bonchev–Trinajstić information content (AvgIpc) is 3.22. The minimum absolute atomic E-state index is 0.00499. The van der Waals surface area contributed by atoms with Gasteiger partial charge in [-0.3, -0.25) is 15.0 Å². The van der Waals surface area contributed by atoms with E-state index in [0.29, 0.717) is 10.0 Å². The lowest BCUT2D eigenvalue weighted by Crippen LogP contribution is -2.49. The van der Waals surface area contributed by atoms with Crippen LogP contribution in [0.25, 0.3) is 0 Å². The maximum Gasteiger partial charge on any atom is 0.414 e. The van der Waals surface area contributed by atoms with Gasteiger partial charge in [0, 0.05) is 10.0 Å². The summed E-state index contributed by atoms with van der Waals surface area (Å²) in [6.07, 6.45) is -0.874. The highest BCUT2D eigenvalue weighted by molar-refractivity contribution is 9.10. The van der Waals surface area contributed by atoms with Crippen molar-refractivity contribution in [1.82, 2.24) is 10.2 Å². The number of carbonyl (C=O) groups excluding carboxylic acids is 3. The molecule has 2 N–H and O–H groups in total. The maximum atomic E-state index is 15.7. The molecule has 9 nitrogen and oxygen atoms in total. The van der Waals surface area contributed by atoms with Crippen molar-refractivity contribution >= 4 is 51.5 Å². The molecule has 0 saturated carbocycles. The van der Waals surface area contributed by atoms with Crippen molar-refractivity contribution in [1.29, 1.82) is 0 Å². The molecule has 0 radical (unpaired) electrons. The van der Waals surface area contributed by atoms with Gasteiger partial charge < -0.3 is 14.6 Å². The number of ether oxygens (including phenoxy) is 2. The molecule has 0 bridgehead atoms. The van der Waals surface area contributed by atoms with Gasteiger partial charge in [-0.1, -0.05) is 90.8 Å². The van der Waals surface area contributed by atoms with Crippen molar-refractivity contribution in [2.24, 2.45) is 10.4 Å². The SMILES string of the molecule is COC(=O)c1cc([C@@H](CO)N2C(=O)C(CC(C)(C)C)(c3ccc(Br)cc3F)N=C2NC(=O)OCc2ccccc2)ccc1Cl. The first-order valence-corrected chi connectivity index (χ1v) is 14.8.